The van der Waals surface area contributed by atoms with E-state index in [0.717, 1.165) is 199 Å². The van der Waals surface area contributed by atoms with Crippen molar-refractivity contribution in [1.29, 1.82) is 0 Å². The van der Waals surface area contributed by atoms with E-state index in [1.165, 1.54) is 77.0 Å². The Hall–Kier alpha value is -7.46. The average molecular weight is 1790 g/mol. The lowest BCUT2D eigenvalue weighted by Gasteiger charge is -2.23. The minimum atomic E-state index is -1.29. The Morgan fingerprint density at radius 2 is 0.469 bits per heavy atom. The monoisotopic (exact) mass is 1790 g/mol. The van der Waals surface area contributed by atoms with Crippen LogP contribution in [0.5, 0.6) is 0 Å². The van der Waals surface area contributed by atoms with Gasteiger partial charge in [0, 0.05) is 64.7 Å². The highest BCUT2D eigenvalue weighted by molar-refractivity contribution is 5.91. The molecule has 4 unspecified atom stereocenters. The molecule has 0 radical (unpaired) electrons. The molecule has 734 valence electrons. The third-order valence-corrected chi connectivity index (χ3v) is 22.6. The van der Waals surface area contributed by atoms with Gasteiger partial charge < -0.3 is 62.4 Å². The van der Waals surface area contributed by atoms with Crippen LogP contribution in [0.4, 0.5) is 0 Å². The molecule has 0 aromatic rings. The number of esters is 1. The molecule has 22 nitrogen and oxygen atoms in total. The molecule has 0 saturated carbocycles. The summed E-state index contributed by atoms with van der Waals surface area (Å²) >= 11 is 0. The first kappa shape index (κ1) is 121. The predicted octanol–water partition coefficient (Wildman–Crippen LogP) is 21.1. The lowest BCUT2D eigenvalue weighted by molar-refractivity contribution is -0.148. The van der Waals surface area contributed by atoms with Crippen LogP contribution >= 0.6 is 0 Å². The third kappa shape index (κ3) is 84.1. The summed E-state index contributed by atoms with van der Waals surface area (Å²) < 4.78 is 5.84. The number of ether oxygens (including phenoxy) is 1. The van der Waals surface area contributed by atoms with Gasteiger partial charge in [0.2, 0.25) is 53.2 Å². The highest BCUT2D eigenvalue weighted by atomic mass is 16.5. The number of carbonyl (C=O) groups is 10. The molecule has 9 amide bonds. The summed E-state index contributed by atoms with van der Waals surface area (Å²) in [5.41, 5.74) is 0. The molecule has 0 aliphatic heterocycles. The second kappa shape index (κ2) is 92.8. The van der Waals surface area contributed by atoms with Crippen molar-refractivity contribution in [3.63, 3.8) is 0 Å². The number of rotatable bonds is 91. The molecule has 0 aliphatic rings. The molecule has 0 aliphatic carbocycles. The van der Waals surface area contributed by atoms with Crippen molar-refractivity contribution in [2.75, 3.05) is 80.6 Å². The fourth-order valence-corrected chi connectivity index (χ4v) is 14.7. The van der Waals surface area contributed by atoms with Crippen molar-refractivity contribution < 1.29 is 52.7 Å². The number of carbonyl (C=O) groups excluding carboxylic acids is 10. The summed E-state index contributed by atoms with van der Waals surface area (Å²) in [6, 6.07) is -4.25. The van der Waals surface area contributed by atoms with Crippen molar-refractivity contribution in [2.24, 2.45) is 0 Å². The molecule has 0 bridgehead atoms. The minimum absolute atomic E-state index is 0.0211. The van der Waals surface area contributed by atoms with Gasteiger partial charge in [-0.2, -0.15) is 0 Å². The zero-order valence-corrected chi connectivity index (χ0v) is 82.5. The van der Waals surface area contributed by atoms with Crippen molar-refractivity contribution in [2.45, 2.75) is 437 Å². The molecule has 0 heterocycles. The second-order valence-electron chi connectivity index (χ2n) is 35.5. The van der Waals surface area contributed by atoms with Crippen LogP contribution in [-0.4, -0.2) is 174 Å². The van der Waals surface area contributed by atoms with Crippen molar-refractivity contribution in [3.05, 3.63) is 97.2 Å². The predicted molar refractivity (Wildman–Crippen MR) is 534 cm³/mol. The van der Waals surface area contributed by atoms with Gasteiger partial charge in [0.05, 0.1) is 6.54 Å². The Morgan fingerprint density at radius 3 is 0.766 bits per heavy atom. The zero-order valence-electron chi connectivity index (χ0n) is 82.5. The van der Waals surface area contributed by atoms with Crippen LogP contribution in [0.25, 0.3) is 0 Å². The lowest BCUT2D eigenvalue weighted by Crippen LogP contribution is -2.52. The Balaban J connectivity index is 6.75. The van der Waals surface area contributed by atoms with E-state index in [0.29, 0.717) is 83.8 Å². The highest BCUT2D eigenvalue weighted by Crippen LogP contribution is 2.16. The number of nitrogens with zero attached hydrogens (tertiary/aromatic N) is 2. The first-order valence-corrected chi connectivity index (χ1v) is 51.6. The lowest BCUT2D eigenvalue weighted by atomic mass is 10.1. The van der Waals surface area contributed by atoms with E-state index in [2.05, 4.69) is 173 Å². The van der Waals surface area contributed by atoms with Gasteiger partial charge >= 0.3 is 5.97 Å². The smallest absolute Gasteiger partial charge is 0.328 e. The molecule has 0 saturated heterocycles. The minimum Gasteiger partial charge on any atom is -0.462 e. The van der Waals surface area contributed by atoms with E-state index in [-0.39, 0.29) is 113 Å². The Labute approximate surface area is 780 Å². The van der Waals surface area contributed by atoms with Crippen LogP contribution in [-0.2, 0) is 52.7 Å². The zero-order chi connectivity index (χ0) is 93.7. The number of amides is 9. The molecular weight excluding hydrogens is 1600 g/mol. The molecule has 9 N–H and O–H groups in total. The van der Waals surface area contributed by atoms with Gasteiger partial charge in [-0.15, -0.1) is 0 Å². The van der Waals surface area contributed by atoms with E-state index in [9.17, 15) is 47.9 Å². The number of unbranched alkanes of at least 4 members (excludes halogenated alkanes) is 32. The third-order valence-electron chi connectivity index (χ3n) is 22.6. The van der Waals surface area contributed by atoms with Gasteiger partial charge in [-0.25, -0.2) is 4.79 Å². The van der Waals surface area contributed by atoms with E-state index >= 15 is 0 Å². The molecule has 0 aromatic carbocycles. The van der Waals surface area contributed by atoms with Gasteiger partial charge in [0.25, 0.3) is 0 Å². The second-order valence-corrected chi connectivity index (χ2v) is 35.5. The topological polar surface area (TPSA) is 295 Å². The summed E-state index contributed by atoms with van der Waals surface area (Å²) in [5.74, 6) is -3.47. The van der Waals surface area contributed by atoms with E-state index in [1.807, 2.05) is 38.0 Å². The molecule has 0 rings (SSSR count). The number of nitrogens with one attached hydrogen (secondary N) is 9. The van der Waals surface area contributed by atoms with Crippen LogP contribution in [0.1, 0.15) is 413 Å². The van der Waals surface area contributed by atoms with E-state index < -0.39 is 47.9 Å². The van der Waals surface area contributed by atoms with Gasteiger partial charge in [0.1, 0.15) is 30.8 Å². The van der Waals surface area contributed by atoms with E-state index in [1.54, 1.807) is 0 Å². The fraction of sp³-hybridized carbons (Fsp3) is 0.755. The summed E-state index contributed by atoms with van der Waals surface area (Å²) in [6.07, 6.45) is 87.7. The highest BCUT2D eigenvalue weighted by Gasteiger charge is 2.29. The first-order valence-electron chi connectivity index (χ1n) is 51.6. The maximum atomic E-state index is 14.8. The Bertz CT molecular complexity index is 3020. The van der Waals surface area contributed by atoms with Crippen molar-refractivity contribution >= 4 is 59.1 Å². The van der Waals surface area contributed by atoms with Crippen LogP contribution in [0.3, 0.4) is 0 Å². The summed E-state index contributed by atoms with van der Waals surface area (Å²) in [5, 5.41) is 26.5. The Kier molecular flexibility index (Phi) is 87.4. The first-order chi connectivity index (χ1) is 62.4. The molecule has 4 atom stereocenters. The van der Waals surface area contributed by atoms with Crippen molar-refractivity contribution in [1.82, 2.24) is 57.7 Å². The SMILES string of the molecule is CCCCCC=CCC=CCCCCCCCC(=O)NCCCC(NC(=O)CCCCCCC/C=C\C/C=C\CCCCC)C(=O)NCCCC(NC(=O)C(CCCNC(=O)CCCCCCC/C=C\C/C=C\CCCCC)NC(=O)CCCCCCC/C=C\C/C=C\CCCCC)C(=O)OCCNC(=O)C(CCCNC(=O)CCCN(C)C)NC(=O)CCCN(C)C. The standard InChI is InChI=1S/C106H189N11O11/c1-9-13-17-21-25-29-33-37-41-45-49-53-57-61-65-79-97(118)107-85-69-75-93(112-100(121)81-67-63-59-55-51-47-43-39-35-31-27-23-19-15-11-3)103(124)110-88-72-78-96(106(127)128-92-89-111-104(125)94(113-102(123)84-74-91-117(7)8)76-70-86-109-99(120)83-73-90-116(5)6)115-105(126)95(114-101(122)82-68-64-60-56-52-48-44-40-36-32-28-24-20-16-12-4)77-71-87-108-98(119)80-66-62-58-54-50-46-42-38-34-30-26-22-18-14-10-2/h25-32,37-44,93-96H,9-24,33-36,45-92H2,1-8H3,(H,107,118)(H,108,119)(H,109,120)(H,110,124)(H,111,125)(H,112,121)(H,113,123)(H,114,122)(H,115,126)/b29-25?,30-26-,31-27-,32-28-,41-37?,42-38-,43-39-,44-40-. The van der Waals surface area contributed by atoms with Crippen LogP contribution < -0.4 is 47.9 Å². The fourth-order valence-electron chi connectivity index (χ4n) is 14.7. The maximum absolute atomic E-state index is 14.8. The normalized spacial score (nSPS) is 12.9. The average Bonchev–Trinajstić information content (AvgIpc) is 0.888. The number of hydrogen-bond acceptors (Lipinski definition) is 13. The quantitative estimate of drug-likeness (QED) is 0.0156. The molecule has 0 fully saturated rings. The summed E-state index contributed by atoms with van der Waals surface area (Å²) in [7, 11) is 7.73. The molecule has 22 heteroatoms. The van der Waals surface area contributed by atoms with Gasteiger partial charge in [0.15, 0.2) is 0 Å². The number of allylic oxidation sites excluding steroid dienone is 16. The van der Waals surface area contributed by atoms with E-state index in [4.69, 9.17) is 4.74 Å². The van der Waals surface area contributed by atoms with Crippen molar-refractivity contribution in [3.8, 4) is 0 Å². The van der Waals surface area contributed by atoms with Gasteiger partial charge in [-0.05, 0) is 260 Å². The number of hydrogen-bond donors (Lipinski definition) is 9. The molecule has 128 heavy (non-hydrogen) atoms. The Morgan fingerprint density at radius 1 is 0.234 bits per heavy atom. The van der Waals surface area contributed by atoms with Crippen LogP contribution in [0, 0.1) is 0 Å². The molecular formula is C106H189N11O11. The van der Waals surface area contributed by atoms with Gasteiger partial charge in [-0.3, -0.25) is 43.2 Å². The maximum Gasteiger partial charge on any atom is 0.328 e. The molecule has 0 aromatic heterocycles. The molecule has 0 spiro atoms. The van der Waals surface area contributed by atoms with Gasteiger partial charge in [-0.1, -0.05) is 253 Å². The summed E-state index contributed by atoms with van der Waals surface area (Å²) in [6.45, 7) is 10.8. The van der Waals surface area contributed by atoms with Crippen LogP contribution in [0.15, 0.2) is 97.2 Å². The van der Waals surface area contributed by atoms with Crippen LogP contribution in [0.2, 0.25) is 0 Å². The largest absolute Gasteiger partial charge is 0.462 e. The summed E-state index contributed by atoms with van der Waals surface area (Å²) in [4.78, 5) is 141.